The molecular formula is C11H14ClNO2S. The molecule has 1 heterocycles. The Kier molecular flexibility index (Phi) is 3.52. The van der Waals surface area contributed by atoms with Crippen LogP contribution in [0.1, 0.15) is 17.9 Å². The molecule has 0 spiro atoms. The van der Waals surface area contributed by atoms with E-state index in [2.05, 4.69) is 0 Å². The van der Waals surface area contributed by atoms with Gasteiger partial charge in [-0.3, -0.25) is 0 Å². The third-order valence-electron chi connectivity index (χ3n) is 2.95. The lowest BCUT2D eigenvalue weighted by Gasteiger charge is -2.14. The smallest absolute Gasteiger partial charge is 0.211 e. The Labute approximate surface area is 101 Å². The lowest BCUT2D eigenvalue weighted by molar-refractivity contribution is 0.477. The zero-order chi connectivity index (χ0) is 11.6. The van der Waals surface area contributed by atoms with E-state index in [0.29, 0.717) is 19.0 Å². The van der Waals surface area contributed by atoms with Crippen molar-refractivity contribution in [1.82, 2.24) is 4.31 Å². The first-order valence-electron chi connectivity index (χ1n) is 5.22. The number of rotatable bonds is 3. The molecule has 1 saturated heterocycles. The molecule has 0 aliphatic carbocycles. The Hall–Kier alpha value is -0.580. The van der Waals surface area contributed by atoms with Crippen LogP contribution in [0.2, 0.25) is 0 Å². The molecular weight excluding hydrogens is 246 g/mol. The van der Waals surface area contributed by atoms with Crippen molar-refractivity contribution in [3.05, 3.63) is 35.9 Å². The molecule has 1 aliphatic rings. The van der Waals surface area contributed by atoms with Crippen LogP contribution in [0.4, 0.5) is 0 Å². The highest BCUT2D eigenvalue weighted by atomic mass is 35.5. The van der Waals surface area contributed by atoms with E-state index in [-0.39, 0.29) is 5.21 Å². The summed E-state index contributed by atoms with van der Waals surface area (Å²) in [6.45, 7) is 1.13. The third-order valence-corrected chi connectivity index (χ3v) is 5.17. The first kappa shape index (κ1) is 11.9. The molecule has 0 amide bonds. The van der Waals surface area contributed by atoms with Gasteiger partial charge in [-0.1, -0.05) is 30.3 Å². The van der Waals surface area contributed by atoms with Gasteiger partial charge in [0.1, 0.15) is 5.21 Å². The van der Waals surface area contributed by atoms with E-state index in [1.54, 1.807) is 0 Å². The number of sulfonamides is 1. The second-order valence-corrected chi connectivity index (χ2v) is 6.53. The van der Waals surface area contributed by atoms with Crippen LogP contribution < -0.4 is 0 Å². The molecule has 0 bridgehead atoms. The largest absolute Gasteiger partial charge is 0.228 e. The maximum Gasteiger partial charge on any atom is 0.228 e. The van der Waals surface area contributed by atoms with Crippen LogP contribution >= 0.6 is 11.6 Å². The van der Waals surface area contributed by atoms with Gasteiger partial charge < -0.3 is 0 Å². The monoisotopic (exact) mass is 259 g/mol. The maximum absolute atomic E-state index is 11.6. The molecule has 16 heavy (non-hydrogen) atoms. The van der Waals surface area contributed by atoms with Crippen LogP contribution in [0.15, 0.2) is 30.3 Å². The van der Waals surface area contributed by atoms with Crippen LogP contribution in [0.5, 0.6) is 0 Å². The fourth-order valence-electron chi connectivity index (χ4n) is 2.05. The van der Waals surface area contributed by atoms with Gasteiger partial charge in [0.25, 0.3) is 0 Å². The van der Waals surface area contributed by atoms with E-state index >= 15 is 0 Å². The van der Waals surface area contributed by atoms with Gasteiger partial charge >= 0.3 is 0 Å². The van der Waals surface area contributed by atoms with Crippen molar-refractivity contribution in [2.24, 2.45) is 0 Å². The molecule has 1 fully saturated rings. The number of nitrogens with zero attached hydrogens (tertiary/aromatic N) is 1. The summed E-state index contributed by atoms with van der Waals surface area (Å²) in [5, 5.41) is -0.325. The van der Waals surface area contributed by atoms with E-state index in [4.69, 9.17) is 11.6 Å². The van der Waals surface area contributed by atoms with Crippen molar-refractivity contribution in [3.8, 4) is 0 Å². The molecule has 2 rings (SSSR count). The average Bonchev–Trinajstić information content (AvgIpc) is 2.80. The molecule has 88 valence electrons. The summed E-state index contributed by atoms with van der Waals surface area (Å²) >= 11 is 5.44. The summed E-state index contributed by atoms with van der Waals surface area (Å²) < 4.78 is 24.6. The van der Waals surface area contributed by atoms with Gasteiger partial charge in [-0.2, -0.15) is 0 Å². The molecule has 1 atom stereocenters. The number of hydrogen-bond acceptors (Lipinski definition) is 2. The van der Waals surface area contributed by atoms with Crippen LogP contribution in [-0.2, 0) is 10.0 Å². The summed E-state index contributed by atoms with van der Waals surface area (Å²) in [5.74, 6) is 0.305. The minimum atomic E-state index is -3.24. The predicted molar refractivity (Wildman–Crippen MR) is 65.0 cm³/mol. The number of halogens is 1. The normalized spacial score (nSPS) is 22.4. The lowest BCUT2D eigenvalue weighted by atomic mass is 9.99. The second-order valence-electron chi connectivity index (χ2n) is 3.98. The highest BCUT2D eigenvalue weighted by Crippen LogP contribution is 2.28. The number of alkyl halides is 1. The molecule has 1 aromatic carbocycles. The molecule has 5 heteroatoms. The second kappa shape index (κ2) is 4.73. The molecule has 1 aliphatic heterocycles. The number of benzene rings is 1. The summed E-state index contributed by atoms with van der Waals surface area (Å²) in [7, 11) is -3.24. The van der Waals surface area contributed by atoms with Gasteiger partial charge in [-0.25, -0.2) is 12.7 Å². The van der Waals surface area contributed by atoms with E-state index in [1.165, 1.54) is 9.87 Å². The van der Waals surface area contributed by atoms with Gasteiger partial charge in [0.05, 0.1) is 0 Å². The molecule has 0 aromatic heterocycles. The highest BCUT2D eigenvalue weighted by molar-refractivity contribution is 7.90. The van der Waals surface area contributed by atoms with E-state index in [9.17, 15) is 8.42 Å². The van der Waals surface area contributed by atoms with Crippen LogP contribution in [0, 0.1) is 0 Å². The Bertz CT molecular complexity index is 446. The quantitative estimate of drug-likeness (QED) is 0.779. The molecule has 0 N–H and O–H groups in total. The molecule has 0 radical (unpaired) electrons. The van der Waals surface area contributed by atoms with Gasteiger partial charge in [-0.05, 0) is 17.9 Å². The van der Waals surface area contributed by atoms with Crippen molar-refractivity contribution in [2.45, 2.75) is 12.3 Å². The first-order chi connectivity index (χ1) is 7.63. The fourth-order valence-corrected chi connectivity index (χ4v) is 3.39. The SMILES string of the molecule is O=S(=O)(CCl)N1CCC(c2ccccc2)C1. The standard InChI is InChI=1S/C11H14ClNO2S/c12-9-16(14,15)13-7-6-11(8-13)10-4-2-1-3-5-10/h1-5,11H,6-9H2. The molecule has 3 nitrogen and oxygen atoms in total. The minimum absolute atomic E-state index is 0.305. The lowest BCUT2D eigenvalue weighted by Crippen LogP contribution is -2.29. The van der Waals surface area contributed by atoms with Crippen molar-refractivity contribution >= 4 is 21.6 Å². The third kappa shape index (κ3) is 2.39. The van der Waals surface area contributed by atoms with Gasteiger partial charge in [-0.15, -0.1) is 11.6 Å². The highest BCUT2D eigenvalue weighted by Gasteiger charge is 2.31. The van der Waals surface area contributed by atoms with Crippen LogP contribution in [0.25, 0.3) is 0 Å². The Morgan fingerprint density at radius 1 is 1.31 bits per heavy atom. The Balaban J connectivity index is 2.10. The van der Waals surface area contributed by atoms with E-state index < -0.39 is 10.0 Å². The van der Waals surface area contributed by atoms with Crippen LogP contribution in [0.3, 0.4) is 0 Å². The van der Waals surface area contributed by atoms with Crippen molar-refractivity contribution in [3.63, 3.8) is 0 Å². The topological polar surface area (TPSA) is 37.4 Å². The van der Waals surface area contributed by atoms with Crippen LogP contribution in [-0.4, -0.2) is 31.0 Å². The fraction of sp³-hybridized carbons (Fsp3) is 0.455. The number of hydrogen-bond donors (Lipinski definition) is 0. The van der Waals surface area contributed by atoms with Crippen molar-refractivity contribution < 1.29 is 8.42 Å². The van der Waals surface area contributed by atoms with Gasteiger partial charge in [0.15, 0.2) is 0 Å². The minimum Gasteiger partial charge on any atom is -0.211 e. The first-order valence-corrected chi connectivity index (χ1v) is 7.36. The summed E-state index contributed by atoms with van der Waals surface area (Å²) in [5.41, 5.74) is 1.20. The average molecular weight is 260 g/mol. The molecule has 0 saturated carbocycles. The zero-order valence-electron chi connectivity index (χ0n) is 8.84. The zero-order valence-corrected chi connectivity index (χ0v) is 10.4. The van der Waals surface area contributed by atoms with E-state index in [1.807, 2.05) is 30.3 Å². The van der Waals surface area contributed by atoms with Crippen molar-refractivity contribution in [1.29, 1.82) is 0 Å². The molecule has 1 aromatic rings. The Morgan fingerprint density at radius 2 is 2.00 bits per heavy atom. The predicted octanol–water partition coefficient (Wildman–Crippen LogP) is 2.00. The van der Waals surface area contributed by atoms with E-state index in [0.717, 1.165) is 6.42 Å². The maximum atomic E-state index is 11.6. The summed E-state index contributed by atoms with van der Waals surface area (Å²) in [6, 6.07) is 10.0. The van der Waals surface area contributed by atoms with Gasteiger partial charge in [0.2, 0.25) is 10.0 Å². The Morgan fingerprint density at radius 3 is 2.62 bits per heavy atom. The van der Waals surface area contributed by atoms with Gasteiger partial charge in [0, 0.05) is 13.1 Å². The summed E-state index contributed by atoms with van der Waals surface area (Å²) in [4.78, 5) is 0. The molecule has 1 unspecified atom stereocenters. The van der Waals surface area contributed by atoms with Crippen molar-refractivity contribution in [2.75, 3.05) is 18.3 Å². The summed E-state index contributed by atoms with van der Waals surface area (Å²) in [6.07, 6.45) is 0.875.